The molecule has 22 heavy (non-hydrogen) atoms. The van der Waals surface area contributed by atoms with Crippen molar-refractivity contribution in [3.05, 3.63) is 54.1 Å². The number of amides is 1. The van der Waals surface area contributed by atoms with Crippen molar-refractivity contribution < 1.29 is 13.9 Å². The number of nitrogens with two attached hydrogens (primary N) is 1. The van der Waals surface area contributed by atoms with Crippen LogP contribution in [0.25, 0.3) is 22.2 Å². The number of rotatable bonds is 3. The first kappa shape index (κ1) is 13.9. The topological polar surface area (TPSA) is 78.1 Å². The number of fused-ring (bicyclic) bond motifs is 1. The van der Waals surface area contributed by atoms with E-state index in [1.807, 2.05) is 6.07 Å². The van der Waals surface area contributed by atoms with Crippen LogP contribution in [0.3, 0.4) is 0 Å². The molecule has 0 atom stereocenters. The zero-order valence-corrected chi connectivity index (χ0v) is 11.7. The number of benzene rings is 2. The van der Waals surface area contributed by atoms with Crippen molar-refractivity contribution in [1.82, 2.24) is 9.97 Å². The number of hydrogen-bond acceptors (Lipinski definition) is 4. The minimum absolute atomic E-state index is 0.0575. The van der Waals surface area contributed by atoms with Crippen LogP contribution in [0.5, 0.6) is 5.75 Å². The van der Waals surface area contributed by atoms with Gasteiger partial charge >= 0.3 is 0 Å². The highest BCUT2D eigenvalue weighted by molar-refractivity contribution is 5.98. The molecule has 2 N–H and O–H groups in total. The normalized spacial score (nSPS) is 10.6. The molecule has 3 aromatic rings. The maximum absolute atomic E-state index is 13.1. The monoisotopic (exact) mass is 297 g/mol. The molecule has 0 fully saturated rings. The van der Waals surface area contributed by atoms with E-state index in [1.165, 1.54) is 25.4 Å². The van der Waals surface area contributed by atoms with Crippen LogP contribution in [0.1, 0.15) is 10.5 Å². The van der Waals surface area contributed by atoms with Gasteiger partial charge in [-0.2, -0.15) is 0 Å². The molecule has 1 heterocycles. The molecule has 0 unspecified atom stereocenters. The highest BCUT2D eigenvalue weighted by Gasteiger charge is 2.13. The predicted molar refractivity (Wildman–Crippen MR) is 80.0 cm³/mol. The van der Waals surface area contributed by atoms with Crippen LogP contribution in [-0.2, 0) is 0 Å². The van der Waals surface area contributed by atoms with Gasteiger partial charge in [-0.25, -0.2) is 9.37 Å². The first-order valence-electron chi connectivity index (χ1n) is 6.49. The molecule has 0 radical (unpaired) electrons. The van der Waals surface area contributed by atoms with E-state index < -0.39 is 5.91 Å². The van der Waals surface area contributed by atoms with E-state index in [9.17, 15) is 9.18 Å². The summed E-state index contributed by atoms with van der Waals surface area (Å²) in [6.07, 6.45) is 1.32. The van der Waals surface area contributed by atoms with Gasteiger partial charge in [-0.1, -0.05) is 12.1 Å². The van der Waals surface area contributed by atoms with Crippen LogP contribution in [0.2, 0.25) is 0 Å². The summed E-state index contributed by atoms with van der Waals surface area (Å²) in [5, 5.41) is 0. The lowest BCUT2D eigenvalue weighted by Gasteiger charge is -2.10. The highest BCUT2D eigenvalue weighted by Crippen LogP contribution is 2.32. The number of primary amides is 1. The number of hydrogen-bond donors (Lipinski definition) is 1. The minimum Gasteiger partial charge on any atom is -0.494 e. The number of aromatic nitrogens is 2. The fourth-order valence-corrected chi connectivity index (χ4v) is 2.22. The second-order valence-electron chi connectivity index (χ2n) is 4.64. The van der Waals surface area contributed by atoms with Crippen LogP contribution < -0.4 is 10.5 Å². The molecule has 2 aromatic carbocycles. The van der Waals surface area contributed by atoms with Gasteiger partial charge in [0.05, 0.1) is 13.3 Å². The Labute approximate surface area is 125 Å². The van der Waals surface area contributed by atoms with Crippen LogP contribution in [-0.4, -0.2) is 23.0 Å². The van der Waals surface area contributed by atoms with Gasteiger partial charge in [0.1, 0.15) is 28.3 Å². The Morgan fingerprint density at radius 1 is 1.14 bits per heavy atom. The van der Waals surface area contributed by atoms with Crippen molar-refractivity contribution in [2.24, 2.45) is 5.73 Å². The third kappa shape index (κ3) is 2.35. The van der Waals surface area contributed by atoms with Crippen LogP contribution in [0, 0.1) is 5.82 Å². The van der Waals surface area contributed by atoms with E-state index in [1.54, 1.807) is 18.2 Å². The SMILES string of the molecule is COc1ccc(-c2ccc(F)cc2)c2ncc(C(N)=O)nc12. The Morgan fingerprint density at radius 2 is 1.86 bits per heavy atom. The molecule has 6 heteroatoms. The van der Waals surface area contributed by atoms with Gasteiger partial charge in [0, 0.05) is 5.56 Å². The summed E-state index contributed by atoms with van der Waals surface area (Å²) in [5.74, 6) is -0.497. The van der Waals surface area contributed by atoms with Crippen molar-refractivity contribution in [3.63, 3.8) is 0 Å². The van der Waals surface area contributed by atoms with E-state index >= 15 is 0 Å². The summed E-state index contributed by atoms with van der Waals surface area (Å²) < 4.78 is 18.3. The largest absolute Gasteiger partial charge is 0.494 e. The smallest absolute Gasteiger partial charge is 0.268 e. The third-order valence-electron chi connectivity index (χ3n) is 3.29. The molecule has 5 nitrogen and oxygen atoms in total. The van der Waals surface area contributed by atoms with E-state index in [2.05, 4.69) is 9.97 Å². The average molecular weight is 297 g/mol. The zero-order chi connectivity index (χ0) is 15.7. The molecule has 3 rings (SSSR count). The maximum Gasteiger partial charge on any atom is 0.268 e. The minimum atomic E-state index is -0.663. The maximum atomic E-state index is 13.1. The van der Waals surface area contributed by atoms with Crippen LogP contribution in [0.4, 0.5) is 4.39 Å². The Hall–Kier alpha value is -3.02. The molecule has 0 aliphatic carbocycles. The van der Waals surface area contributed by atoms with Crippen molar-refractivity contribution >= 4 is 16.9 Å². The fourth-order valence-electron chi connectivity index (χ4n) is 2.22. The number of methoxy groups -OCH3 is 1. The fraction of sp³-hybridized carbons (Fsp3) is 0.0625. The number of halogens is 1. The summed E-state index contributed by atoms with van der Waals surface area (Å²) in [4.78, 5) is 19.8. The van der Waals surface area contributed by atoms with Crippen molar-refractivity contribution in [2.45, 2.75) is 0 Å². The van der Waals surface area contributed by atoms with E-state index in [-0.39, 0.29) is 11.5 Å². The Morgan fingerprint density at radius 3 is 2.50 bits per heavy atom. The lowest BCUT2D eigenvalue weighted by atomic mass is 10.0. The van der Waals surface area contributed by atoms with E-state index in [4.69, 9.17) is 10.5 Å². The predicted octanol–water partition coefficient (Wildman–Crippen LogP) is 2.54. The molecule has 0 aliphatic heterocycles. The molecule has 0 saturated carbocycles. The number of nitrogens with zero attached hydrogens (tertiary/aromatic N) is 2. The molecule has 0 saturated heterocycles. The second-order valence-corrected chi connectivity index (χ2v) is 4.64. The standard InChI is InChI=1S/C16H12FN3O2/c1-22-13-7-6-11(9-2-4-10(17)5-3-9)14-15(13)20-12(8-19-14)16(18)21/h2-8H,1H3,(H2,18,21). The molecule has 1 amide bonds. The summed E-state index contributed by atoms with van der Waals surface area (Å²) in [6.45, 7) is 0. The van der Waals surface area contributed by atoms with Gasteiger partial charge in [-0.05, 0) is 29.8 Å². The quantitative estimate of drug-likeness (QED) is 0.806. The number of carbonyl (C=O) groups excluding carboxylic acids is 1. The first-order valence-corrected chi connectivity index (χ1v) is 6.49. The summed E-state index contributed by atoms with van der Waals surface area (Å²) >= 11 is 0. The average Bonchev–Trinajstić information content (AvgIpc) is 2.54. The molecule has 0 spiro atoms. The summed E-state index contributed by atoms with van der Waals surface area (Å²) in [6, 6.07) is 9.58. The van der Waals surface area contributed by atoms with Gasteiger partial charge in [-0.3, -0.25) is 9.78 Å². The van der Waals surface area contributed by atoms with Gasteiger partial charge in [0.2, 0.25) is 0 Å². The molecule has 1 aromatic heterocycles. The Kier molecular flexibility index (Phi) is 3.42. The van der Waals surface area contributed by atoms with E-state index in [0.717, 1.165) is 11.1 Å². The Bertz CT molecular complexity index is 863. The highest BCUT2D eigenvalue weighted by atomic mass is 19.1. The van der Waals surface area contributed by atoms with Crippen molar-refractivity contribution in [1.29, 1.82) is 0 Å². The molecular weight excluding hydrogens is 285 g/mol. The van der Waals surface area contributed by atoms with E-state index in [0.29, 0.717) is 16.8 Å². The first-order chi connectivity index (χ1) is 10.6. The molecular formula is C16H12FN3O2. The van der Waals surface area contributed by atoms with Crippen molar-refractivity contribution in [3.8, 4) is 16.9 Å². The number of ether oxygens (including phenoxy) is 1. The van der Waals surface area contributed by atoms with Crippen LogP contribution in [0.15, 0.2) is 42.6 Å². The number of carbonyl (C=O) groups is 1. The third-order valence-corrected chi connectivity index (χ3v) is 3.29. The lowest BCUT2D eigenvalue weighted by Crippen LogP contribution is -2.13. The van der Waals surface area contributed by atoms with Crippen molar-refractivity contribution in [2.75, 3.05) is 7.11 Å². The molecule has 0 aliphatic rings. The van der Waals surface area contributed by atoms with Gasteiger partial charge in [0.25, 0.3) is 5.91 Å². The van der Waals surface area contributed by atoms with Crippen LogP contribution >= 0.6 is 0 Å². The second kappa shape index (κ2) is 5.40. The van der Waals surface area contributed by atoms with Gasteiger partial charge in [0.15, 0.2) is 0 Å². The van der Waals surface area contributed by atoms with Gasteiger partial charge < -0.3 is 10.5 Å². The zero-order valence-electron chi connectivity index (χ0n) is 11.7. The Balaban J connectivity index is 2.28. The summed E-state index contributed by atoms with van der Waals surface area (Å²) in [5.41, 5.74) is 7.83. The summed E-state index contributed by atoms with van der Waals surface area (Å²) in [7, 11) is 1.50. The van der Waals surface area contributed by atoms with Gasteiger partial charge in [-0.15, -0.1) is 0 Å². The molecule has 0 bridgehead atoms. The lowest BCUT2D eigenvalue weighted by molar-refractivity contribution is 0.0995. The molecule has 110 valence electrons.